The van der Waals surface area contributed by atoms with Crippen LogP contribution in [0.2, 0.25) is 0 Å². The standard InChI is InChI=1S/C9H9NO3.Tc/c11-8(12)6-10-9(13)7-4-2-1-3-5-7;/h1-5H,6H2,(H,10,13)(H,11,12);/i;1+1. The fourth-order valence-corrected chi connectivity index (χ4v) is 0.847. The van der Waals surface area contributed by atoms with Crippen LogP contribution in [0.5, 0.6) is 0 Å². The van der Waals surface area contributed by atoms with Crippen LogP contribution in [0.4, 0.5) is 0 Å². The van der Waals surface area contributed by atoms with Crippen LogP contribution >= 0.6 is 0 Å². The van der Waals surface area contributed by atoms with E-state index >= 15 is 0 Å². The summed E-state index contributed by atoms with van der Waals surface area (Å²) in [5.74, 6) is -1.42. The van der Waals surface area contributed by atoms with Crippen LogP contribution in [0.1, 0.15) is 10.4 Å². The molecule has 0 aliphatic carbocycles. The third-order valence-corrected chi connectivity index (χ3v) is 1.44. The molecule has 14 heavy (non-hydrogen) atoms. The first-order valence-corrected chi connectivity index (χ1v) is 3.75. The summed E-state index contributed by atoms with van der Waals surface area (Å²) in [6.07, 6.45) is 0. The van der Waals surface area contributed by atoms with Crippen molar-refractivity contribution < 1.29 is 34.8 Å². The van der Waals surface area contributed by atoms with Crippen LogP contribution < -0.4 is 5.32 Å². The Morgan fingerprint density at radius 2 is 1.79 bits per heavy atom. The predicted octanol–water partition coefficient (Wildman–Crippen LogP) is 0.498. The van der Waals surface area contributed by atoms with Crippen LogP contribution in [0.3, 0.4) is 0 Å². The van der Waals surface area contributed by atoms with Crippen molar-refractivity contribution in [2.45, 2.75) is 0 Å². The zero-order valence-electron chi connectivity index (χ0n) is 7.24. The maximum atomic E-state index is 11.2. The van der Waals surface area contributed by atoms with Gasteiger partial charge in [0.25, 0.3) is 5.91 Å². The van der Waals surface area contributed by atoms with Gasteiger partial charge in [0, 0.05) is 25.7 Å². The number of carbonyl (C=O) groups excluding carboxylic acids is 1. The van der Waals surface area contributed by atoms with Gasteiger partial charge in [-0.25, -0.2) is 0 Å². The molecular weight excluding hydrogens is 269 g/mol. The Bertz CT molecular complexity index is 313. The average Bonchev–Trinajstić information content (AvgIpc) is 2.15. The molecule has 0 unspecified atom stereocenters. The minimum absolute atomic E-state index is 0. The normalized spacial score (nSPS) is 8.57. The largest absolute Gasteiger partial charge is 0.480 e. The minimum atomic E-state index is -1.05. The number of rotatable bonds is 3. The summed E-state index contributed by atoms with van der Waals surface area (Å²) in [5.41, 5.74) is 0.462. The second-order valence-corrected chi connectivity index (χ2v) is 2.44. The molecule has 1 radical (unpaired) electrons. The molecule has 0 saturated carbocycles. The van der Waals surface area contributed by atoms with Crippen LogP contribution in [0.25, 0.3) is 0 Å². The van der Waals surface area contributed by atoms with Crippen molar-refractivity contribution in [3.63, 3.8) is 0 Å². The summed E-state index contributed by atoms with van der Waals surface area (Å²) in [4.78, 5) is 21.3. The van der Waals surface area contributed by atoms with Crippen molar-refractivity contribution in [3.05, 3.63) is 35.9 Å². The number of carboxylic acids is 1. The fourth-order valence-electron chi connectivity index (χ4n) is 0.847. The number of benzene rings is 1. The Kier molecular flexibility index (Phi) is 5.76. The molecule has 0 bridgehead atoms. The molecule has 4 nitrogen and oxygen atoms in total. The van der Waals surface area contributed by atoms with Gasteiger partial charge in [-0.1, -0.05) is 18.2 Å². The topological polar surface area (TPSA) is 66.4 Å². The third kappa shape index (κ3) is 4.16. The zero-order valence-corrected chi connectivity index (χ0v) is 9.09. The SMILES string of the molecule is O=C(O)CNC(=O)c1ccccc1.[99Tc]. The first kappa shape index (κ1) is 12.8. The number of nitrogens with one attached hydrogen (secondary N) is 1. The first-order valence-electron chi connectivity index (χ1n) is 3.75. The smallest absolute Gasteiger partial charge is 0.322 e. The van der Waals surface area contributed by atoms with Crippen LogP contribution in [0, 0.1) is 0 Å². The average molecular weight is 278 g/mol. The molecule has 0 atom stereocenters. The number of aliphatic carboxylic acids is 1. The first-order chi connectivity index (χ1) is 6.20. The Labute approximate surface area is 94.7 Å². The molecule has 0 saturated heterocycles. The molecule has 0 aromatic heterocycles. The second-order valence-electron chi connectivity index (χ2n) is 2.44. The molecule has 0 spiro atoms. The van der Waals surface area contributed by atoms with E-state index in [0.29, 0.717) is 5.56 Å². The molecule has 1 aromatic carbocycles. The Morgan fingerprint density at radius 1 is 1.21 bits per heavy atom. The Morgan fingerprint density at radius 3 is 2.29 bits per heavy atom. The summed E-state index contributed by atoms with van der Waals surface area (Å²) in [6.45, 7) is -0.353. The van der Waals surface area contributed by atoms with Crippen LogP contribution in [-0.4, -0.2) is 23.5 Å². The molecule has 2 N–H and O–H groups in total. The van der Waals surface area contributed by atoms with Crippen molar-refractivity contribution >= 4 is 11.9 Å². The number of carboxylic acid groups (broad SMARTS) is 1. The molecule has 1 rings (SSSR count). The van der Waals surface area contributed by atoms with Crippen molar-refractivity contribution in [1.29, 1.82) is 0 Å². The summed E-state index contributed by atoms with van der Waals surface area (Å²) in [6, 6.07) is 8.47. The van der Waals surface area contributed by atoms with E-state index in [4.69, 9.17) is 5.11 Å². The van der Waals surface area contributed by atoms with Gasteiger partial charge in [0.1, 0.15) is 6.54 Å². The second kappa shape index (κ2) is 6.29. The summed E-state index contributed by atoms with van der Waals surface area (Å²) < 4.78 is 0. The predicted molar refractivity (Wildman–Crippen MR) is 46.4 cm³/mol. The maximum Gasteiger partial charge on any atom is 0.322 e. The Hall–Kier alpha value is -1.19. The van der Waals surface area contributed by atoms with Gasteiger partial charge in [-0.15, -0.1) is 0 Å². The molecule has 1 amide bonds. The molecule has 0 aliphatic rings. The van der Waals surface area contributed by atoms with Crippen LogP contribution in [-0.2, 0) is 24.9 Å². The Balaban J connectivity index is 0.00000169. The third-order valence-electron chi connectivity index (χ3n) is 1.44. The van der Waals surface area contributed by atoms with Gasteiger partial charge in [0.05, 0.1) is 0 Å². The van der Waals surface area contributed by atoms with Gasteiger partial charge in [-0.05, 0) is 12.1 Å². The molecular formula is C9H9NO3Tc. The van der Waals surface area contributed by atoms with Crippen LogP contribution in [0.15, 0.2) is 30.3 Å². The van der Waals surface area contributed by atoms with Crippen molar-refractivity contribution in [2.75, 3.05) is 6.54 Å². The van der Waals surface area contributed by atoms with E-state index < -0.39 is 5.97 Å². The summed E-state index contributed by atoms with van der Waals surface area (Å²) in [7, 11) is 0. The fraction of sp³-hybridized carbons (Fsp3) is 0.111. The minimum Gasteiger partial charge on any atom is -0.480 e. The van der Waals surface area contributed by atoms with Gasteiger partial charge >= 0.3 is 5.97 Å². The van der Waals surface area contributed by atoms with Crippen molar-refractivity contribution in [1.82, 2.24) is 5.32 Å². The summed E-state index contributed by atoms with van der Waals surface area (Å²) >= 11 is 0. The van der Waals surface area contributed by atoms with E-state index in [1.54, 1.807) is 30.3 Å². The molecule has 0 heterocycles. The van der Waals surface area contributed by atoms with Gasteiger partial charge in [-0.3, -0.25) is 9.59 Å². The van der Waals surface area contributed by atoms with Crippen molar-refractivity contribution in [2.24, 2.45) is 0 Å². The number of amides is 1. The number of carbonyl (C=O) groups is 2. The molecule has 5 heteroatoms. The van der Waals surface area contributed by atoms with E-state index in [0.717, 1.165) is 0 Å². The molecule has 75 valence electrons. The quantitative estimate of drug-likeness (QED) is 0.846. The van der Waals surface area contributed by atoms with E-state index in [1.165, 1.54) is 0 Å². The van der Waals surface area contributed by atoms with Gasteiger partial charge < -0.3 is 10.4 Å². The van der Waals surface area contributed by atoms with E-state index in [-0.39, 0.29) is 32.6 Å². The van der Waals surface area contributed by atoms with Crippen molar-refractivity contribution in [3.8, 4) is 0 Å². The summed E-state index contributed by atoms with van der Waals surface area (Å²) in [5, 5.41) is 10.6. The zero-order chi connectivity index (χ0) is 9.68. The van der Waals surface area contributed by atoms with E-state index in [2.05, 4.69) is 5.32 Å². The number of hydrogen-bond acceptors (Lipinski definition) is 2. The van der Waals surface area contributed by atoms with E-state index in [9.17, 15) is 9.59 Å². The monoisotopic (exact) mass is 278 g/mol. The molecule has 0 aliphatic heterocycles. The van der Waals surface area contributed by atoms with Gasteiger partial charge in [0.2, 0.25) is 0 Å². The molecule has 1 aromatic rings. The van der Waals surface area contributed by atoms with Gasteiger partial charge in [0.15, 0.2) is 0 Å². The van der Waals surface area contributed by atoms with E-state index in [1.807, 2.05) is 0 Å². The molecule has 0 fully saturated rings. The number of hydrogen-bond donors (Lipinski definition) is 2. The maximum absolute atomic E-state index is 11.2. The van der Waals surface area contributed by atoms with Gasteiger partial charge in [-0.2, -0.15) is 0 Å².